The monoisotopic (exact) mass is 199 g/mol. The fraction of sp³-hybridized carbons (Fsp3) is 0.600. The highest BCUT2D eigenvalue weighted by molar-refractivity contribution is 7.12. The zero-order valence-electron chi connectivity index (χ0n) is 8.21. The Morgan fingerprint density at radius 2 is 2.08 bits per heavy atom. The Bertz CT molecular complexity index is 268. The molecule has 0 saturated heterocycles. The van der Waals surface area contributed by atoms with Crippen LogP contribution in [0, 0.1) is 0 Å². The van der Waals surface area contributed by atoms with E-state index in [1.165, 1.54) is 9.75 Å². The lowest BCUT2D eigenvalue weighted by atomic mass is 10.0. The maximum atomic E-state index is 9.74. The van der Waals surface area contributed by atoms with Crippen molar-refractivity contribution in [3.8, 4) is 0 Å². The highest BCUT2D eigenvalue weighted by atomic mass is 32.1. The highest BCUT2D eigenvalue weighted by Gasteiger charge is 2.19. The van der Waals surface area contributed by atoms with Crippen molar-refractivity contribution in [2.45, 2.75) is 32.3 Å². The quantitative estimate of drug-likeness (QED) is 0.773. The van der Waals surface area contributed by atoms with Gasteiger partial charge in [-0.1, -0.05) is 6.92 Å². The van der Waals surface area contributed by atoms with Crippen molar-refractivity contribution >= 4 is 11.3 Å². The molecule has 1 rings (SSSR count). The summed E-state index contributed by atoms with van der Waals surface area (Å²) < 4.78 is 0. The Balaban J connectivity index is 2.63. The second-order valence-corrected chi connectivity index (χ2v) is 4.85. The molecule has 2 nitrogen and oxygen atoms in total. The maximum absolute atomic E-state index is 9.74. The summed E-state index contributed by atoms with van der Waals surface area (Å²) >= 11 is 1.76. The second-order valence-electron chi connectivity index (χ2n) is 3.60. The van der Waals surface area contributed by atoms with Gasteiger partial charge in [-0.25, -0.2) is 0 Å². The van der Waals surface area contributed by atoms with Gasteiger partial charge in [0.1, 0.15) is 0 Å². The molecule has 3 N–H and O–H groups in total. The van der Waals surface area contributed by atoms with E-state index >= 15 is 0 Å². The lowest BCUT2D eigenvalue weighted by molar-refractivity contribution is 0.0705. The van der Waals surface area contributed by atoms with Crippen LogP contribution in [0.2, 0.25) is 0 Å². The SMILES string of the molecule is CCc1ccc(CC(C)(O)CN)s1. The molecule has 0 bridgehead atoms. The van der Waals surface area contributed by atoms with Crippen molar-refractivity contribution < 1.29 is 5.11 Å². The predicted molar refractivity (Wildman–Crippen MR) is 57.1 cm³/mol. The first-order chi connectivity index (χ1) is 6.07. The molecular formula is C10H17NOS. The second kappa shape index (κ2) is 4.22. The van der Waals surface area contributed by atoms with Crippen molar-refractivity contribution in [2.75, 3.05) is 6.54 Å². The van der Waals surface area contributed by atoms with Gasteiger partial charge in [0.25, 0.3) is 0 Å². The smallest absolute Gasteiger partial charge is 0.0789 e. The number of aliphatic hydroxyl groups is 1. The van der Waals surface area contributed by atoms with E-state index in [2.05, 4.69) is 19.1 Å². The molecule has 1 aromatic heterocycles. The van der Waals surface area contributed by atoms with Gasteiger partial charge < -0.3 is 10.8 Å². The van der Waals surface area contributed by atoms with Gasteiger partial charge in [0.15, 0.2) is 0 Å². The summed E-state index contributed by atoms with van der Waals surface area (Å²) in [6.07, 6.45) is 1.73. The van der Waals surface area contributed by atoms with Gasteiger partial charge in [-0.15, -0.1) is 11.3 Å². The molecule has 1 unspecified atom stereocenters. The maximum Gasteiger partial charge on any atom is 0.0789 e. The molecule has 1 heterocycles. The molecule has 74 valence electrons. The molecule has 0 spiro atoms. The van der Waals surface area contributed by atoms with E-state index < -0.39 is 5.60 Å². The van der Waals surface area contributed by atoms with Crippen LogP contribution in [0.4, 0.5) is 0 Å². The fourth-order valence-corrected chi connectivity index (χ4v) is 2.29. The first-order valence-electron chi connectivity index (χ1n) is 4.57. The molecular weight excluding hydrogens is 182 g/mol. The van der Waals surface area contributed by atoms with Crippen molar-refractivity contribution in [1.82, 2.24) is 0 Å². The lowest BCUT2D eigenvalue weighted by Crippen LogP contribution is -2.36. The summed E-state index contributed by atoms with van der Waals surface area (Å²) in [6, 6.07) is 4.19. The Kier molecular flexibility index (Phi) is 3.47. The lowest BCUT2D eigenvalue weighted by Gasteiger charge is -2.19. The molecule has 0 saturated carbocycles. The van der Waals surface area contributed by atoms with E-state index in [4.69, 9.17) is 5.73 Å². The normalized spacial score (nSPS) is 15.7. The Morgan fingerprint density at radius 3 is 2.54 bits per heavy atom. The number of aryl methyl sites for hydroxylation is 1. The number of rotatable bonds is 4. The summed E-state index contributed by atoms with van der Waals surface area (Å²) in [5.41, 5.74) is 4.69. The first kappa shape index (κ1) is 10.7. The van der Waals surface area contributed by atoms with Gasteiger partial charge in [0.05, 0.1) is 5.60 Å². The van der Waals surface area contributed by atoms with Crippen molar-refractivity contribution in [1.29, 1.82) is 0 Å². The van der Waals surface area contributed by atoms with E-state index in [1.807, 2.05) is 0 Å². The molecule has 0 aliphatic carbocycles. The third-order valence-corrected chi connectivity index (χ3v) is 3.29. The van der Waals surface area contributed by atoms with E-state index in [-0.39, 0.29) is 0 Å². The average Bonchev–Trinajstić information content (AvgIpc) is 2.52. The summed E-state index contributed by atoms with van der Waals surface area (Å²) in [7, 11) is 0. The topological polar surface area (TPSA) is 46.2 Å². The summed E-state index contributed by atoms with van der Waals surface area (Å²) in [6.45, 7) is 4.22. The highest BCUT2D eigenvalue weighted by Crippen LogP contribution is 2.21. The van der Waals surface area contributed by atoms with E-state index in [0.717, 1.165) is 6.42 Å². The van der Waals surface area contributed by atoms with Crippen LogP contribution in [0.1, 0.15) is 23.6 Å². The fourth-order valence-electron chi connectivity index (χ4n) is 1.15. The van der Waals surface area contributed by atoms with E-state index in [0.29, 0.717) is 13.0 Å². The number of hydrogen-bond acceptors (Lipinski definition) is 3. The summed E-state index contributed by atoms with van der Waals surface area (Å²) in [5.74, 6) is 0. The van der Waals surface area contributed by atoms with Crippen LogP contribution in [0.25, 0.3) is 0 Å². The van der Waals surface area contributed by atoms with Crippen molar-refractivity contribution in [2.24, 2.45) is 5.73 Å². The van der Waals surface area contributed by atoms with Crippen LogP contribution >= 0.6 is 11.3 Å². The minimum absolute atomic E-state index is 0.312. The van der Waals surface area contributed by atoms with Crippen molar-refractivity contribution in [3.05, 3.63) is 21.9 Å². The van der Waals surface area contributed by atoms with Crippen LogP contribution in [-0.2, 0) is 12.8 Å². The Morgan fingerprint density at radius 1 is 1.46 bits per heavy atom. The van der Waals surface area contributed by atoms with E-state index in [9.17, 15) is 5.11 Å². The van der Waals surface area contributed by atoms with Gasteiger partial charge in [0, 0.05) is 22.7 Å². The standard InChI is InChI=1S/C10H17NOS/c1-3-8-4-5-9(13-8)6-10(2,12)7-11/h4-5,12H,3,6-7,11H2,1-2H3. The largest absolute Gasteiger partial charge is 0.388 e. The molecule has 0 amide bonds. The Labute approximate surface area is 83.4 Å². The molecule has 3 heteroatoms. The minimum Gasteiger partial charge on any atom is -0.388 e. The average molecular weight is 199 g/mol. The zero-order valence-corrected chi connectivity index (χ0v) is 9.03. The number of nitrogens with two attached hydrogens (primary N) is 1. The number of thiophene rings is 1. The molecule has 0 radical (unpaired) electrons. The molecule has 13 heavy (non-hydrogen) atoms. The van der Waals surface area contributed by atoms with Crippen LogP contribution in [-0.4, -0.2) is 17.3 Å². The van der Waals surface area contributed by atoms with Crippen molar-refractivity contribution in [3.63, 3.8) is 0 Å². The third-order valence-electron chi connectivity index (χ3n) is 2.06. The molecule has 0 aliphatic rings. The summed E-state index contributed by atoms with van der Waals surface area (Å²) in [5, 5.41) is 9.74. The zero-order chi connectivity index (χ0) is 9.90. The first-order valence-corrected chi connectivity index (χ1v) is 5.39. The molecule has 0 fully saturated rings. The molecule has 1 atom stereocenters. The summed E-state index contributed by atoms with van der Waals surface area (Å²) in [4.78, 5) is 2.58. The van der Waals surface area contributed by atoms with Crippen LogP contribution in [0.5, 0.6) is 0 Å². The minimum atomic E-state index is -0.754. The molecule has 1 aromatic rings. The Hall–Kier alpha value is -0.380. The van der Waals surface area contributed by atoms with Crippen LogP contribution in [0.15, 0.2) is 12.1 Å². The van der Waals surface area contributed by atoms with Crippen LogP contribution in [0.3, 0.4) is 0 Å². The molecule has 0 aliphatic heterocycles. The van der Waals surface area contributed by atoms with Gasteiger partial charge >= 0.3 is 0 Å². The van der Waals surface area contributed by atoms with Gasteiger partial charge in [-0.05, 0) is 25.5 Å². The van der Waals surface area contributed by atoms with E-state index in [1.54, 1.807) is 18.3 Å². The van der Waals surface area contributed by atoms with Gasteiger partial charge in [-0.2, -0.15) is 0 Å². The third kappa shape index (κ3) is 3.10. The predicted octanol–water partition coefficient (Wildman–Crippen LogP) is 1.56. The van der Waals surface area contributed by atoms with Crippen LogP contribution < -0.4 is 5.73 Å². The number of hydrogen-bond donors (Lipinski definition) is 2. The van der Waals surface area contributed by atoms with Gasteiger partial charge in [0.2, 0.25) is 0 Å². The van der Waals surface area contributed by atoms with Gasteiger partial charge in [-0.3, -0.25) is 0 Å². The molecule has 0 aromatic carbocycles.